The van der Waals surface area contributed by atoms with Crippen molar-refractivity contribution in [2.45, 2.75) is 32.9 Å². The van der Waals surface area contributed by atoms with Crippen molar-refractivity contribution in [3.63, 3.8) is 0 Å². The summed E-state index contributed by atoms with van der Waals surface area (Å²) in [5.74, 6) is 0.666. The molecule has 2 N–H and O–H groups in total. The quantitative estimate of drug-likeness (QED) is 0.835. The van der Waals surface area contributed by atoms with E-state index in [9.17, 15) is 0 Å². The second kappa shape index (κ2) is 5.72. The molecule has 3 nitrogen and oxygen atoms in total. The summed E-state index contributed by atoms with van der Waals surface area (Å²) < 4.78 is 5.55. The second-order valence-corrected chi connectivity index (χ2v) is 5.47. The Hall–Kier alpha value is -1.06. The summed E-state index contributed by atoms with van der Waals surface area (Å²) in [6.07, 6.45) is 1.58. The lowest BCUT2D eigenvalue weighted by atomic mass is 9.95. The summed E-state index contributed by atoms with van der Waals surface area (Å²) in [6, 6.07) is 6.32. The zero-order valence-corrected chi connectivity index (χ0v) is 11.6. The molecule has 1 aliphatic rings. The van der Waals surface area contributed by atoms with Crippen LogP contribution in [-0.2, 0) is 11.3 Å². The average molecular weight is 248 g/mol. The van der Waals surface area contributed by atoms with Crippen LogP contribution in [-0.4, -0.2) is 31.2 Å². The summed E-state index contributed by atoms with van der Waals surface area (Å²) >= 11 is 0. The van der Waals surface area contributed by atoms with E-state index in [1.165, 1.54) is 17.5 Å². The van der Waals surface area contributed by atoms with Gasteiger partial charge in [0.2, 0.25) is 0 Å². The van der Waals surface area contributed by atoms with E-state index in [1.54, 1.807) is 0 Å². The first-order chi connectivity index (χ1) is 8.60. The number of rotatable bonds is 3. The number of methoxy groups -OCH3 is 1. The molecular weight excluding hydrogens is 224 g/mol. The monoisotopic (exact) mass is 248 g/mol. The van der Waals surface area contributed by atoms with Gasteiger partial charge in [0, 0.05) is 25.9 Å². The lowest BCUT2D eigenvalue weighted by Crippen LogP contribution is -2.43. The molecule has 18 heavy (non-hydrogen) atoms. The second-order valence-electron chi connectivity index (χ2n) is 5.47. The topological polar surface area (TPSA) is 38.5 Å². The Kier molecular flexibility index (Phi) is 4.25. The minimum atomic E-state index is 0.369. The molecule has 1 aliphatic heterocycles. The van der Waals surface area contributed by atoms with E-state index < -0.39 is 0 Å². The molecule has 0 radical (unpaired) electrons. The fraction of sp³-hybridized carbons (Fsp3) is 0.600. The molecule has 1 heterocycles. The highest BCUT2D eigenvalue weighted by Gasteiger charge is 2.25. The fourth-order valence-corrected chi connectivity index (χ4v) is 2.64. The Morgan fingerprint density at radius 1 is 1.44 bits per heavy atom. The van der Waals surface area contributed by atoms with Gasteiger partial charge in [0.05, 0.1) is 6.10 Å². The smallest absolute Gasteiger partial charge is 0.0724 e. The highest BCUT2D eigenvalue weighted by atomic mass is 16.5. The number of nitrogens with two attached hydrogens (primary N) is 1. The molecule has 2 unspecified atom stereocenters. The Bertz CT molecular complexity index is 405. The first-order valence-electron chi connectivity index (χ1n) is 6.70. The van der Waals surface area contributed by atoms with Crippen molar-refractivity contribution in [1.82, 2.24) is 4.90 Å². The highest BCUT2D eigenvalue weighted by Crippen LogP contribution is 2.22. The number of hydrogen-bond acceptors (Lipinski definition) is 3. The van der Waals surface area contributed by atoms with Crippen LogP contribution in [0.1, 0.15) is 24.5 Å². The van der Waals surface area contributed by atoms with Crippen LogP contribution in [0.5, 0.6) is 0 Å². The standard InChI is InChI=1S/C15H24N2O/c1-11-6-7-17(10-15(11)18-3)9-13-4-5-14(16)12(2)8-13/h4-5,8,11,15H,6-7,9-10,16H2,1-3H3. The minimum Gasteiger partial charge on any atom is -0.399 e. The van der Waals surface area contributed by atoms with Crippen molar-refractivity contribution in [3.05, 3.63) is 29.3 Å². The van der Waals surface area contributed by atoms with E-state index in [0.29, 0.717) is 12.0 Å². The lowest BCUT2D eigenvalue weighted by molar-refractivity contribution is -0.00745. The van der Waals surface area contributed by atoms with E-state index in [1.807, 2.05) is 13.2 Å². The lowest BCUT2D eigenvalue weighted by Gasteiger charge is -2.36. The van der Waals surface area contributed by atoms with Gasteiger partial charge in [-0.3, -0.25) is 4.90 Å². The number of piperidine rings is 1. The molecule has 1 aromatic carbocycles. The average Bonchev–Trinajstić information content (AvgIpc) is 2.36. The number of likely N-dealkylation sites (tertiary alicyclic amines) is 1. The number of aryl methyl sites for hydroxylation is 1. The largest absolute Gasteiger partial charge is 0.399 e. The number of nitrogens with zero attached hydrogens (tertiary/aromatic N) is 1. The maximum absolute atomic E-state index is 5.85. The SMILES string of the molecule is COC1CN(Cc2ccc(N)c(C)c2)CCC1C. The molecule has 0 aliphatic carbocycles. The van der Waals surface area contributed by atoms with Crippen molar-refractivity contribution in [2.75, 3.05) is 25.9 Å². The molecule has 1 saturated heterocycles. The molecule has 0 saturated carbocycles. The molecule has 0 bridgehead atoms. The first-order valence-corrected chi connectivity index (χ1v) is 6.70. The van der Waals surface area contributed by atoms with Crippen LogP contribution in [0.4, 0.5) is 5.69 Å². The molecule has 2 rings (SSSR count). The Morgan fingerprint density at radius 3 is 2.89 bits per heavy atom. The van der Waals surface area contributed by atoms with Crippen LogP contribution in [0, 0.1) is 12.8 Å². The van der Waals surface area contributed by atoms with E-state index in [4.69, 9.17) is 10.5 Å². The van der Waals surface area contributed by atoms with Gasteiger partial charge in [0.25, 0.3) is 0 Å². The third-order valence-electron chi connectivity index (χ3n) is 4.02. The van der Waals surface area contributed by atoms with Gasteiger partial charge in [0.1, 0.15) is 0 Å². The third-order valence-corrected chi connectivity index (χ3v) is 4.02. The Labute approximate surface area is 110 Å². The van der Waals surface area contributed by atoms with E-state index in [-0.39, 0.29) is 0 Å². The van der Waals surface area contributed by atoms with Crippen LogP contribution < -0.4 is 5.73 Å². The zero-order chi connectivity index (χ0) is 13.1. The predicted octanol–water partition coefficient (Wildman–Crippen LogP) is 2.43. The molecule has 0 spiro atoms. The van der Waals surface area contributed by atoms with Crippen molar-refractivity contribution in [2.24, 2.45) is 5.92 Å². The van der Waals surface area contributed by atoms with Gasteiger partial charge in [-0.1, -0.05) is 19.1 Å². The fourth-order valence-electron chi connectivity index (χ4n) is 2.64. The maximum Gasteiger partial charge on any atom is 0.0724 e. The number of ether oxygens (including phenoxy) is 1. The van der Waals surface area contributed by atoms with Crippen LogP contribution in [0.3, 0.4) is 0 Å². The normalized spacial score (nSPS) is 25.3. The van der Waals surface area contributed by atoms with E-state index in [0.717, 1.165) is 25.3 Å². The molecule has 0 aromatic heterocycles. The maximum atomic E-state index is 5.85. The van der Waals surface area contributed by atoms with Crippen LogP contribution in [0.2, 0.25) is 0 Å². The van der Waals surface area contributed by atoms with Crippen LogP contribution in [0.15, 0.2) is 18.2 Å². The molecule has 1 fully saturated rings. The molecule has 1 aromatic rings. The minimum absolute atomic E-state index is 0.369. The van der Waals surface area contributed by atoms with Crippen molar-refractivity contribution in [1.29, 1.82) is 0 Å². The predicted molar refractivity (Wildman–Crippen MR) is 75.4 cm³/mol. The van der Waals surface area contributed by atoms with Gasteiger partial charge in [0.15, 0.2) is 0 Å². The van der Waals surface area contributed by atoms with E-state index >= 15 is 0 Å². The first kappa shape index (κ1) is 13.4. The molecule has 100 valence electrons. The number of nitrogen functional groups attached to an aromatic ring is 1. The van der Waals surface area contributed by atoms with Gasteiger partial charge in [-0.05, 0) is 43.0 Å². The number of anilines is 1. The van der Waals surface area contributed by atoms with Crippen LogP contribution >= 0.6 is 0 Å². The Balaban J connectivity index is 1.99. The van der Waals surface area contributed by atoms with Crippen molar-refractivity contribution >= 4 is 5.69 Å². The van der Waals surface area contributed by atoms with Gasteiger partial charge in [-0.15, -0.1) is 0 Å². The molecule has 2 atom stereocenters. The number of benzene rings is 1. The highest BCUT2D eigenvalue weighted by molar-refractivity contribution is 5.47. The summed E-state index contributed by atoms with van der Waals surface area (Å²) in [4.78, 5) is 2.47. The third kappa shape index (κ3) is 3.03. The zero-order valence-electron chi connectivity index (χ0n) is 11.6. The van der Waals surface area contributed by atoms with Gasteiger partial charge in [-0.2, -0.15) is 0 Å². The van der Waals surface area contributed by atoms with Gasteiger partial charge >= 0.3 is 0 Å². The van der Waals surface area contributed by atoms with Gasteiger partial charge in [-0.25, -0.2) is 0 Å². The van der Waals surface area contributed by atoms with Crippen LogP contribution in [0.25, 0.3) is 0 Å². The summed E-state index contributed by atoms with van der Waals surface area (Å²) in [5.41, 5.74) is 9.23. The van der Waals surface area contributed by atoms with Gasteiger partial charge < -0.3 is 10.5 Å². The van der Waals surface area contributed by atoms with E-state index in [2.05, 4.69) is 30.9 Å². The molecule has 3 heteroatoms. The Morgan fingerprint density at radius 2 is 2.22 bits per heavy atom. The van der Waals surface area contributed by atoms with Crippen molar-refractivity contribution in [3.8, 4) is 0 Å². The summed E-state index contributed by atoms with van der Waals surface area (Å²) in [7, 11) is 1.82. The molecular formula is C15H24N2O. The summed E-state index contributed by atoms with van der Waals surface area (Å²) in [5, 5.41) is 0. The molecule has 0 amide bonds. The number of hydrogen-bond donors (Lipinski definition) is 1. The van der Waals surface area contributed by atoms with Crippen molar-refractivity contribution < 1.29 is 4.74 Å². The summed E-state index contributed by atoms with van der Waals surface area (Å²) in [6.45, 7) is 7.52.